The first-order valence-corrected chi connectivity index (χ1v) is 47.8. The molecule has 7 heteroatoms. The second-order valence-corrected chi connectivity index (χ2v) is 37.3. The van der Waals surface area contributed by atoms with E-state index in [1.54, 1.807) is 11.3 Å². The molecule has 0 N–H and O–H groups in total. The van der Waals surface area contributed by atoms with Crippen LogP contribution in [0.2, 0.25) is 0 Å². The van der Waals surface area contributed by atoms with E-state index in [1.165, 1.54) is 87.3 Å². The van der Waals surface area contributed by atoms with Gasteiger partial charge < -0.3 is 23.4 Å². The normalized spacial score (nSPS) is 13.1. The molecule has 24 aromatic rings. The Bertz CT molecular complexity index is 8980. The summed E-state index contributed by atoms with van der Waals surface area (Å²) in [5.41, 5.74) is 38.9. The van der Waals surface area contributed by atoms with E-state index in [9.17, 15) is 0 Å². The highest BCUT2D eigenvalue weighted by Gasteiger charge is 2.53. The number of hydrogen-bond acceptors (Lipinski definition) is 6. The molecule has 2 aliphatic heterocycles. The van der Waals surface area contributed by atoms with Gasteiger partial charge in [-0.3, -0.25) is 4.90 Å². The summed E-state index contributed by atoms with van der Waals surface area (Å²) < 4.78 is 24.1. The molecule has 137 heavy (non-hydrogen) atoms. The van der Waals surface area contributed by atoms with Gasteiger partial charge in [-0.05, 0) is 283 Å². The molecule has 3 aromatic heterocycles. The van der Waals surface area contributed by atoms with E-state index >= 15 is 0 Å². The summed E-state index contributed by atoms with van der Waals surface area (Å²) in [6.07, 6.45) is 0. The van der Waals surface area contributed by atoms with Crippen LogP contribution >= 0.6 is 11.3 Å². The fraction of sp³-hybridized carbons (Fsp3) is 0.0154. The first kappa shape index (κ1) is 78.1. The number of benzene rings is 21. The summed E-state index contributed by atoms with van der Waals surface area (Å²) in [7, 11) is 0. The first-order valence-electron chi connectivity index (χ1n) is 46.9. The van der Waals surface area contributed by atoms with Crippen molar-refractivity contribution >= 4 is 99.3 Å². The Morgan fingerprint density at radius 1 is 0.219 bits per heavy atom. The zero-order valence-corrected chi connectivity index (χ0v) is 75.1. The van der Waals surface area contributed by atoms with Gasteiger partial charge >= 0.3 is 0 Å². The maximum absolute atomic E-state index is 7.00. The number of furan rings is 1. The summed E-state index contributed by atoms with van der Waals surface area (Å²) in [5, 5.41) is 9.22. The van der Waals surface area contributed by atoms with Crippen molar-refractivity contribution in [3.05, 3.63) is 535 Å². The van der Waals surface area contributed by atoms with Crippen LogP contribution in [0.4, 0.5) is 34.3 Å². The Morgan fingerprint density at radius 3 is 1.31 bits per heavy atom. The van der Waals surface area contributed by atoms with Crippen LogP contribution in [0.3, 0.4) is 0 Å². The zero-order valence-electron chi connectivity index (χ0n) is 74.2. The van der Waals surface area contributed by atoms with Crippen LogP contribution in [0.5, 0.6) is 23.0 Å². The maximum Gasteiger partial charge on any atom is 0.205 e. The topological polar surface area (TPSA) is 43.0 Å². The third kappa shape index (κ3) is 12.1. The van der Waals surface area contributed by atoms with Crippen LogP contribution in [-0.2, 0) is 10.8 Å². The molecule has 0 bridgehead atoms. The SMILES string of the molecule is c1ccc(-c2ccc3oc(N(c4ccc(-c5ccc(-c6ccc(-c7ccc8c(c7)c7ccccc7n8-c7cccc(-c8cccc(N(c9ccc(-c%10cccc%11c%10-c%10ccccc%10C%11%10c%11ccccc%11Oc%11ccccc%11%10)cc9)c9ccc%10ccsc%10c9)c8)c7)cc6)c6ccccc56)cc4)c4cccc(-c5ccc6c(c5)-c5ccccc5C65c6ccccc6Oc6ccccc65)c4)cc3c2)cc1. The maximum atomic E-state index is 7.00. The number of para-hydroxylation sites is 5. The van der Waals surface area contributed by atoms with E-state index in [0.29, 0.717) is 0 Å². The minimum absolute atomic E-state index is 0.554. The largest absolute Gasteiger partial charge is 0.457 e. The van der Waals surface area contributed by atoms with Crippen LogP contribution in [0.25, 0.3) is 159 Å². The van der Waals surface area contributed by atoms with Gasteiger partial charge in [-0.1, -0.05) is 340 Å². The highest BCUT2D eigenvalue weighted by molar-refractivity contribution is 7.17. The quantitative estimate of drug-likeness (QED) is 0.109. The van der Waals surface area contributed by atoms with Gasteiger partial charge in [-0.2, -0.15) is 0 Å². The van der Waals surface area contributed by atoms with E-state index in [2.05, 4.69) is 505 Å². The molecule has 5 heterocycles. The monoisotopic (exact) mass is 1760 g/mol. The van der Waals surface area contributed by atoms with E-state index in [4.69, 9.17) is 13.9 Å². The number of nitrogens with zero attached hydrogens (tertiary/aromatic N) is 3. The van der Waals surface area contributed by atoms with E-state index in [0.717, 1.165) is 174 Å². The third-order valence-electron chi connectivity index (χ3n) is 29.2. The Labute approximate surface area is 796 Å². The molecule has 0 atom stereocenters. The average molecular weight is 1770 g/mol. The molecule has 0 unspecified atom stereocenters. The van der Waals surface area contributed by atoms with E-state index < -0.39 is 10.8 Å². The zero-order chi connectivity index (χ0) is 90.0. The van der Waals surface area contributed by atoms with Gasteiger partial charge in [-0.25, -0.2) is 0 Å². The number of thiophene rings is 1. The van der Waals surface area contributed by atoms with Gasteiger partial charge in [-0.15, -0.1) is 11.3 Å². The smallest absolute Gasteiger partial charge is 0.205 e. The Balaban J connectivity index is 0.476. The van der Waals surface area contributed by atoms with Gasteiger partial charge in [0.05, 0.1) is 21.9 Å². The molecule has 0 saturated heterocycles. The lowest BCUT2D eigenvalue weighted by Crippen LogP contribution is -2.32. The predicted molar refractivity (Wildman–Crippen MR) is 566 cm³/mol. The molecule has 640 valence electrons. The lowest BCUT2D eigenvalue weighted by Gasteiger charge is -2.39. The number of fused-ring (bicyclic) bond motifs is 24. The molecular weight excluding hydrogens is 1680 g/mol. The molecular formula is C130H81N3O3S. The number of rotatable bonds is 14. The highest BCUT2D eigenvalue weighted by atomic mass is 32.1. The van der Waals surface area contributed by atoms with Gasteiger partial charge in [0.1, 0.15) is 28.6 Å². The Hall–Kier alpha value is -17.6. The molecule has 0 radical (unpaired) electrons. The Morgan fingerprint density at radius 2 is 0.650 bits per heavy atom. The van der Waals surface area contributed by atoms with Crippen molar-refractivity contribution in [3.8, 4) is 129 Å². The molecule has 4 aliphatic rings. The third-order valence-corrected chi connectivity index (χ3v) is 30.1. The minimum Gasteiger partial charge on any atom is -0.457 e. The lowest BCUT2D eigenvalue weighted by atomic mass is 9.66. The number of hydrogen-bond donors (Lipinski definition) is 0. The van der Waals surface area contributed by atoms with Gasteiger partial charge in [0.2, 0.25) is 5.88 Å². The average Bonchev–Trinajstić information content (AvgIpc) is 1.53. The van der Waals surface area contributed by atoms with Crippen LogP contribution in [0.1, 0.15) is 44.5 Å². The van der Waals surface area contributed by atoms with Crippen LogP contribution in [-0.4, -0.2) is 4.57 Å². The van der Waals surface area contributed by atoms with Crippen molar-refractivity contribution in [2.75, 3.05) is 9.80 Å². The van der Waals surface area contributed by atoms with Gasteiger partial charge in [0, 0.05) is 83.3 Å². The Kier molecular flexibility index (Phi) is 17.7. The number of anilines is 6. The standard InChI is InChI=1S/C130H81N3O3S/c1-2-24-82(25-3-1)91-61-71-121-94(74-91)80-127(136-121)132(98-30-21-28-90(76-98)93-59-69-113-109(78-93)106-34-6-9-38-111(106)129(113)114-40-11-16-46-122(114)134-123-47-17-12-41-115(123)129)96-64-54-85(55-65-96)102-68-67-101(104-32-4-5-33-105(102)104)84-52-50-83(51-53-84)92-60-70-120-110(79-92)107-35-8-15-45-119(107)133(120)99-31-22-27-89(77-99)88-26-20-29-97(75-88)131(100-66-58-87-72-73-137-126(87)81-100)95-62-56-86(57-63-95)103-37-23-44-118-128(103)108-36-7-10-39-112(108)130(118)116-42-13-18-48-124(116)135-125-49-19-14-43-117(125)130/h1-81H. The number of aromatic nitrogens is 1. The van der Waals surface area contributed by atoms with Crippen molar-refractivity contribution in [2.45, 2.75) is 10.8 Å². The molecule has 28 rings (SSSR count). The van der Waals surface area contributed by atoms with Gasteiger partial charge in [0.15, 0.2) is 0 Å². The molecule has 0 amide bonds. The summed E-state index contributed by atoms with van der Waals surface area (Å²) in [5.74, 6) is 4.26. The van der Waals surface area contributed by atoms with Gasteiger partial charge in [0.25, 0.3) is 0 Å². The van der Waals surface area contributed by atoms with E-state index in [-0.39, 0.29) is 0 Å². The van der Waals surface area contributed by atoms with Crippen LogP contribution in [0.15, 0.2) is 495 Å². The minimum atomic E-state index is -0.556. The second-order valence-electron chi connectivity index (χ2n) is 36.4. The predicted octanol–water partition coefficient (Wildman–Crippen LogP) is 35.4. The molecule has 2 spiro atoms. The fourth-order valence-corrected chi connectivity index (χ4v) is 24.0. The fourth-order valence-electron chi connectivity index (χ4n) is 23.2. The lowest BCUT2D eigenvalue weighted by molar-refractivity contribution is 0.436. The molecule has 0 fully saturated rings. The summed E-state index contributed by atoms with van der Waals surface area (Å²) in [4.78, 5) is 4.68. The summed E-state index contributed by atoms with van der Waals surface area (Å²) >= 11 is 1.78. The molecule has 2 aliphatic carbocycles. The summed E-state index contributed by atoms with van der Waals surface area (Å²) in [6, 6.07) is 178. The van der Waals surface area contributed by atoms with Crippen molar-refractivity contribution in [2.24, 2.45) is 0 Å². The second kappa shape index (κ2) is 31.0. The molecule has 0 saturated carbocycles. The molecule has 21 aromatic carbocycles. The van der Waals surface area contributed by atoms with Crippen LogP contribution in [0, 0.1) is 0 Å². The summed E-state index contributed by atoms with van der Waals surface area (Å²) in [6.45, 7) is 0. The first-order chi connectivity index (χ1) is 67.9. The number of ether oxygens (including phenoxy) is 2. The highest BCUT2D eigenvalue weighted by Crippen LogP contribution is 2.66. The van der Waals surface area contributed by atoms with Crippen molar-refractivity contribution in [1.29, 1.82) is 0 Å². The van der Waals surface area contributed by atoms with E-state index in [1.807, 2.05) is 0 Å². The van der Waals surface area contributed by atoms with Crippen molar-refractivity contribution < 1.29 is 13.9 Å². The molecule has 6 nitrogen and oxygen atoms in total. The van der Waals surface area contributed by atoms with Crippen LogP contribution < -0.4 is 19.3 Å². The van der Waals surface area contributed by atoms with Crippen molar-refractivity contribution in [3.63, 3.8) is 0 Å². The van der Waals surface area contributed by atoms with Crippen molar-refractivity contribution in [1.82, 2.24) is 4.57 Å².